The Morgan fingerprint density at radius 1 is 1.00 bits per heavy atom. The second kappa shape index (κ2) is 10.6. The SMILES string of the molecule is CCOC(=O)c1cccc(N2C(=O)C(Cl)=C(Nc3ccc(S(=O)(=O)Nc4nc(C)cc(C)n4)cc3)C2=O)c1. The van der Waals surface area contributed by atoms with E-state index in [-0.39, 0.29) is 39.4 Å². The van der Waals surface area contributed by atoms with Crippen LogP contribution in [0.4, 0.5) is 17.3 Å². The van der Waals surface area contributed by atoms with Gasteiger partial charge in [-0.25, -0.2) is 32.8 Å². The molecular weight excluding hydrogens is 534 g/mol. The van der Waals surface area contributed by atoms with Gasteiger partial charge in [-0.15, -0.1) is 0 Å². The molecule has 2 amide bonds. The van der Waals surface area contributed by atoms with Gasteiger partial charge in [0.05, 0.1) is 22.8 Å². The highest BCUT2D eigenvalue weighted by molar-refractivity contribution is 7.92. The molecule has 0 atom stereocenters. The molecule has 4 rings (SSSR count). The topological polar surface area (TPSA) is 148 Å². The van der Waals surface area contributed by atoms with Gasteiger partial charge in [-0.2, -0.15) is 0 Å². The molecule has 0 unspecified atom stereocenters. The summed E-state index contributed by atoms with van der Waals surface area (Å²) in [5.41, 5.74) is 1.63. The maximum atomic E-state index is 13.1. The number of nitrogens with zero attached hydrogens (tertiary/aromatic N) is 3. The van der Waals surface area contributed by atoms with Crippen molar-refractivity contribution >= 4 is 56.7 Å². The lowest BCUT2D eigenvalue weighted by atomic mass is 10.2. The highest BCUT2D eigenvalue weighted by Crippen LogP contribution is 2.31. The molecule has 0 saturated heterocycles. The summed E-state index contributed by atoms with van der Waals surface area (Å²) in [4.78, 5) is 46.9. The Kier molecular flexibility index (Phi) is 7.46. The van der Waals surface area contributed by atoms with E-state index in [1.807, 2.05) is 0 Å². The number of benzene rings is 2. The van der Waals surface area contributed by atoms with Crippen LogP contribution in [0.5, 0.6) is 0 Å². The highest BCUT2D eigenvalue weighted by Gasteiger charge is 2.39. The van der Waals surface area contributed by atoms with Crippen molar-refractivity contribution in [1.29, 1.82) is 0 Å². The van der Waals surface area contributed by atoms with Crippen LogP contribution in [-0.2, 0) is 24.3 Å². The fourth-order valence-electron chi connectivity index (χ4n) is 3.64. The zero-order valence-corrected chi connectivity index (χ0v) is 22.1. The molecule has 38 heavy (non-hydrogen) atoms. The number of amides is 2. The monoisotopic (exact) mass is 555 g/mol. The van der Waals surface area contributed by atoms with E-state index in [1.54, 1.807) is 26.8 Å². The van der Waals surface area contributed by atoms with Crippen molar-refractivity contribution in [3.8, 4) is 0 Å². The van der Waals surface area contributed by atoms with Crippen LogP contribution in [0.2, 0.25) is 0 Å². The van der Waals surface area contributed by atoms with Crippen molar-refractivity contribution in [3.63, 3.8) is 0 Å². The average molecular weight is 556 g/mol. The van der Waals surface area contributed by atoms with Crippen LogP contribution in [0.25, 0.3) is 0 Å². The van der Waals surface area contributed by atoms with E-state index in [4.69, 9.17) is 16.3 Å². The Morgan fingerprint density at radius 3 is 2.29 bits per heavy atom. The minimum atomic E-state index is -3.99. The van der Waals surface area contributed by atoms with Crippen molar-refractivity contribution in [1.82, 2.24) is 9.97 Å². The van der Waals surface area contributed by atoms with Gasteiger partial charge in [0, 0.05) is 17.1 Å². The van der Waals surface area contributed by atoms with E-state index >= 15 is 0 Å². The van der Waals surface area contributed by atoms with E-state index in [9.17, 15) is 22.8 Å². The number of halogens is 1. The number of carbonyl (C=O) groups is 3. The molecule has 1 aliphatic heterocycles. The van der Waals surface area contributed by atoms with E-state index in [2.05, 4.69) is 20.0 Å². The lowest BCUT2D eigenvalue weighted by molar-refractivity contribution is -0.120. The van der Waals surface area contributed by atoms with E-state index < -0.39 is 27.8 Å². The van der Waals surface area contributed by atoms with Crippen molar-refractivity contribution in [2.24, 2.45) is 0 Å². The predicted molar refractivity (Wildman–Crippen MR) is 140 cm³/mol. The summed E-state index contributed by atoms with van der Waals surface area (Å²) in [5.74, 6) is -2.17. The first kappa shape index (κ1) is 26.8. The van der Waals surface area contributed by atoms with Gasteiger partial charge in [-0.1, -0.05) is 17.7 Å². The molecule has 0 saturated carbocycles. The summed E-state index contributed by atoms with van der Waals surface area (Å²) in [6, 6.07) is 13.0. The van der Waals surface area contributed by atoms with E-state index in [0.29, 0.717) is 17.1 Å². The van der Waals surface area contributed by atoms with Crippen LogP contribution in [0, 0.1) is 13.8 Å². The largest absolute Gasteiger partial charge is 0.462 e. The van der Waals surface area contributed by atoms with Crippen LogP contribution in [0.15, 0.2) is 70.2 Å². The number of carbonyl (C=O) groups excluding carboxylic acids is 3. The Morgan fingerprint density at radius 2 is 1.66 bits per heavy atom. The second-order valence-electron chi connectivity index (χ2n) is 8.13. The fourth-order valence-corrected chi connectivity index (χ4v) is 4.80. The Balaban J connectivity index is 1.52. The number of hydrogen-bond acceptors (Lipinski definition) is 9. The summed E-state index contributed by atoms with van der Waals surface area (Å²) in [7, 11) is -3.99. The van der Waals surface area contributed by atoms with Gasteiger partial charge < -0.3 is 10.1 Å². The second-order valence-corrected chi connectivity index (χ2v) is 10.2. The predicted octanol–water partition coefficient (Wildman–Crippen LogP) is 3.51. The van der Waals surface area contributed by atoms with Crippen LogP contribution in [0.1, 0.15) is 28.7 Å². The average Bonchev–Trinajstić information content (AvgIpc) is 3.06. The molecule has 3 aromatic rings. The molecule has 2 heterocycles. The van der Waals surface area contributed by atoms with Crippen molar-refractivity contribution in [2.75, 3.05) is 21.5 Å². The maximum Gasteiger partial charge on any atom is 0.338 e. The first-order valence-electron chi connectivity index (χ1n) is 11.3. The van der Waals surface area contributed by atoms with Crippen molar-refractivity contribution < 1.29 is 27.5 Å². The number of aromatic nitrogens is 2. The molecule has 196 valence electrons. The highest BCUT2D eigenvalue weighted by atomic mass is 35.5. The first-order chi connectivity index (χ1) is 18.0. The molecule has 0 radical (unpaired) electrons. The lowest BCUT2D eigenvalue weighted by Gasteiger charge is -2.16. The first-order valence-corrected chi connectivity index (χ1v) is 13.1. The van der Waals surface area contributed by atoms with Crippen molar-refractivity contribution in [2.45, 2.75) is 25.7 Å². The molecule has 2 aromatic carbocycles. The zero-order chi connectivity index (χ0) is 27.6. The minimum absolute atomic E-state index is 0.0520. The number of hydrogen-bond donors (Lipinski definition) is 2. The third-order valence-electron chi connectivity index (χ3n) is 5.28. The molecule has 0 spiro atoms. The molecule has 2 N–H and O–H groups in total. The number of ether oxygens (including phenoxy) is 1. The van der Waals surface area contributed by atoms with Gasteiger partial charge in [0.25, 0.3) is 21.8 Å². The van der Waals surface area contributed by atoms with Gasteiger partial charge in [-0.3, -0.25) is 9.59 Å². The normalized spacial score (nSPS) is 13.6. The number of nitrogens with one attached hydrogen (secondary N) is 2. The third-order valence-corrected chi connectivity index (χ3v) is 6.98. The summed E-state index contributed by atoms with van der Waals surface area (Å²) in [6.45, 7) is 5.27. The number of sulfonamides is 1. The minimum Gasteiger partial charge on any atom is -0.462 e. The maximum absolute atomic E-state index is 13.1. The summed E-state index contributed by atoms with van der Waals surface area (Å²) in [5, 5.41) is 2.42. The van der Waals surface area contributed by atoms with E-state index in [0.717, 1.165) is 4.90 Å². The molecule has 0 fully saturated rings. The zero-order valence-electron chi connectivity index (χ0n) is 20.5. The summed E-state index contributed by atoms with van der Waals surface area (Å²) in [6.07, 6.45) is 0. The number of aryl methyl sites for hydroxylation is 2. The number of imide groups is 1. The molecule has 13 heteroatoms. The Labute approximate surface area is 223 Å². The van der Waals surface area contributed by atoms with Gasteiger partial charge in [-0.05, 0) is 69.3 Å². The third kappa shape index (κ3) is 5.50. The summed E-state index contributed by atoms with van der Waals surface area (Å²) < 4.78 is 32.8. The van der Waals surface area contributed by atoms with Crippen LogP contribution >= 0.6 is 11.6 Å². The standard InChI is InChI=1S/C25H22ClN5O6S/c1-4-37-24(34)16-6-5-7-18(13-16)31-22(32)20(26)21(23(31)33)29-17-8-10-19(11-9-17)38(35,36)30-25-27-14(2)12-15(3)28-25/h5-13,29H,4H2,1-3H3,(H,27,28,30). The Bertz CT molecular complexity index is 1570. The molecule has 1 aliphatic rings. The molecular formula is C25H22ClN5O6S. The van der Waals surface area contributed by atoms with Gasteiger partial charge in [0.1, 0.15) is 10.7 Å². The van der Waals surface area contributed by atoms with Crippen LogP contribution < -0.4 is 14.9 Å². The van der Waals surface area contributed by atoms with E-state index in [1.165, 1.54) is 48.5 Å². The lowest BCUT2D eigenvalue weighted by Crippen LogP contribution is -2.32. The Hall–Kier alpha value is -4.29. The van der Waals surface area contributed by atoms with Crippen LogP contribution in [-0.4, -0.2) is 42.8 Å². The summed E-state index contributed by atoms with van der Waals surface area (Å²) >= 11 is 6.18. The number of anilines is 3. The van der Waals surface area contributed by atoms with Crippen LogP contribution in [0.3, 0.4) is 0 Å². The quantitative estimate of drug-likeness (QED) is 0.314. The van der Waals surface area contributed by atoms with Gasteiger partial charge in [0.15, 0.2) is 0 Å². The molecule has 1 aromatic heterocycles. The van der Waals surface area contributed by atoms with Gasteiger partial charge >= 0.3 is 5.97 Å². The number of esters is 1. The number of rotatable bonds is 8. The molecule has 11 nitrogen and oxygen atoms in total. The molecule has 0 aliphatic carbocycles. The fraction of sp³-hybridized carbons (Fsp3) is 0.160. The smallest absolute Gasteiger partial charge is 0.338 e. The van der Waals surface area contributed by atoms with Gasteiger partial charge in [0.2, 0.25) is 5.95 Å². The van der Waals surface area contributed by atoms with Crippen molar-refractivity contribution in [3.05, 3.63) is 82.3 Å². The molecule has 0 bridgehead atoms.